The van der Waals surface area contributed by atoms with Gasteiger partial charge in [0.2, 0.25) is 0 Å². The van der Waals surface area contributed by atoms with E-state index in [9.17, 15) is 8.42 Å². The molecule has 4 heteroatoms. The first-order chi connectivity index (χ1) is 8.59. The molecule has 0 aromatic heterocycles. The van der Waals surface area contributed by atoms with Gasteiger partial charge in [-0.2, -0.15) is 0 Å². The molecule has 2 atom stereocenters. The molecule has 1 N–H and O–H groups in total. The maximum Gasteiger partial charge on any atom is 0.150 e. The minimum Gasteiger partial charge on any atom is -0.317 e. The van der Waals surface area contributed by atoms with Crippen molar-refractivity contribution >= 4 is 9.84 Å². The summed E-state index contributed by atoms with van der Waals surface area (Å²) >= 11 is 0. The van der Waals surface area contributed by atoms with E-state index >= 15 is 0 Å². The monoisotopic (exact) mass is 275 g/mol. The molecule has 0 aliphatic heterocycles. The second-order valence-electron chi connectivity index (χ2n) is 5.49. The number of hydrogen-bond acceptors (Lipinski definition) is 3. The molecule has 0 bridgehead atoms. The third-order valence-corrected chi connectivity index (χ3v) is 5.98. The second-order valence-corrected chi connectivity index (χ2v) is 7.96. The van der Waals surface area contributed by atoms with Crippen LogP contribution in [0, 0.1) is 11.8 Å². The molecule has 1 rings (SSSR count). The molecule has 1 aliphatic rings. The Morgan fingerprint density at radius 3 is 2.39 bits per heavy atom. The first-order valence-electron chi connectivity index (χ1n) is 7.50. The average Bonchev–Trinajstić information content (AvgIpc) is 2.37. The highest BCUT2D eigenvalue weighted by Gasteiger charge is 2.24. The molecule has 0 saturated heterocycles. The van der Waals surface area contributed by atoms with Crippen molar-refractivity contribution in [2.24, 2.45) is 11.8 Å². The standard InChI is InChI=1S/C14H29NO2S/c1-3-15-12-14-9-6-5-8-13(14)10-7-11-18(16,17)4-2/h13-15H,3-12H2,1-2H3. The van der Waals surface area contributed by atoms with Gasteiger partial charge in [0.25, 0.3) is 0 Å². The van der Waals surface area contributed by atoms with Gasteiger partial charge in [0.15, 0.2) is 0 Å². The Morgan fingerprint density at radius 2 is 1.78 bits per heavy atom. The van der Waals surface area contributed by atoms with Gasteiger partial charge in [-0.25, -0.2) is 8.42 Å². The molecule has 18 heavy (non-hydrogen) atoms. The van der Waals surface area contributed by atoms with Crippen molar-refractivity contribution < 1.29 is 8.42 Å². The van der Waals surface area contributed by atoms with E-state index in [1.807, 2.05) is 0 Å². The summed E-state index contributed by atoms with van der Waals surface area (Å²) in [5.74, 6) is 2.18. The summed E-state index contributed by atoms with van der Waals surface area (Å²) in [7, 11) is -2.77. The molecule has 1 aliphatic carbocycles. The van der Waals surface area contributed by atoms with E-state index in [2.05, 4.69) is 12.2 Å². The molecule has 3 nitrogen and oxygen atoms in total. The summed E-state index contributed by atoms with van der Waals surface area (Å²) in [6, 6.07) is 0. The number of rotatable bonds is 8. The molecule has 2 unspecified atom stereocenters. The summed E-state index contributed by atoms with van der Waals surface area (Å²) in [4.78, 5) is 0. The van der Waals surface area contributed by atoms with Crippen LogP contribution in [0.5, 0.6) is 0 Å². The Kier molecular flexibility index (Phi) is 7.23. The highest BCUT2D eigenvalue weighted by Crippen LogP contribution is 2.32. The van der Waals surface area contributed by atoms with Gasteiger partial charge in [0.05, 0.1) is 5.75 Å². The lowest BCUT2D eigenvalue weighted by molar-refractivity contribution is 0.217. The Hall–Kier alpha value is -0.0900. The highest BCUT2D eigenvalue weighted by molar-refractivity contribution is 7.91. The van der Waals surface area contributed by atoms with Crippen LogP contribution in [-0.2, 0) is 9.84 Å². The van der Waals surface area contributed by atoms with Crippen LogP contribution in [0.1, 0.15) is 52.4 Å². The van der Waals surface area contributed by atoms with Gasteiger partial charge in [0, 0.05) is 5.75 Å². The van der Waals surface area contributed by atoms with Crippen molar-refractivity contribution in [2.45, 2.75) is 52.4 Å². The van der Waals surface area contributed by atoms with Crippen molar-refractivity contribution in [1.29, 1.82) is 0 Å². The summed E-state index contributed by atoms with van der Waals surface area (Å²) in [6.07, 6.45) is 7.23. The molecule has 1 fully saturated rings. The van der Waals surface area contributed by atoms with Crippen molar-refractivity contribution in [3.05, 3.63) is 0 Å². The van der Waals surface area contributed by atoms with Crippen molar-refractivity contribution in [3.8, 4) is 0 Å². The topological polar surface area (TPSA) is 46.2 Å². The minimum atomic E-state index is -2.77. The summed E-state index contributed by atoms with van der Waals surface area (Å²) < 4.78 is 23.0. The van der Waals surface area contributed by atoms with E-state index in [1.54, 1.807) is 6.92 Å². The molecule has 0 spiro atoms. The van der Waals surface area contributed by atoms with Gasteiger partial charge >= 0.3 is 0 Å². The lowest BCUT2D eigenvalue weighted by atomic mass is 9.77. The van der Waals surface area contributed by atoms with Crippen molar-refractivity contribution in [1.82, 2.24) is 5.32 Å². The van der Waals surface area contributed by atoms with E-state index in [4.69, 9.17) is 0 Å². The van der Waals surface area contributed by atoms with Gasteiger partial charge in [0.1, 0.15) is 9.84 Å². The maximum absolute atomic E-state index is 11.5. The predicted molar refractivity (Wildman–Crippen MR) is 77.6 cm³/mol. The van der Waals surface area contributed by atoms with Crippen LogP contribution in [0.4, 0.5) is 0 Å². The van der Waals surface area contributed by atoms with E-state index < -0.39 is 9.84 Å². The van der Waals surface area contributed by atoms with Crippen LogP contribution in [0.3, 0.4) is 0 Å². The fourth-order valence-electron chi connectivity index (χ4n) is 2.97. The number of sulfone groups is 1. The molecule has 0 aromatic rings. The van der Waals surface area contributed by atoms with Crippen LogP contribution in [0.25, 0.3) is 0 Å². The molecule has 0 heterocycles. The lowest BCUT2D eigenvalue weighted by Crippen LogP contribution is -2.30. The fraction of sp³-hybridized carbons (Fsp3) is 1.00. The Balaban J connectivity index is 2.33. The normalized spacial score (nSPS) is 25.2. The third kappa shape index (κ3) is 5.70. The molecular formula is C14H29NO2S. The fourth-order valence-corrected chi connectivity index (χ4v) is 3.87. The zero-order chi connectivity index (χ0) is 13.4. The first-order valence-corrected chi connectivity index (χ1v) is 9.32. The van der Waals surface area contributed by atoms with Crippen LogP contribution in [-0.4, -0.2) is 33.0 Å². The third-order valence-electron chi connectivity index (χ3n) is 4.19. The lowest BCUT2D eigenvalue weighted by Gasteiger charge is -2.31. The molecule has 108 valence electrons. The first kappa shape index (κ1) is 16.0. The van der Waals surface area contributed by atoms with Gasteiger partial charge in [-0.3, -0.25) is 0 Å². The Morgan fingerprint density at radius 1 is 1.11 bits per heavy atom. The zero-order valence-electron chi connectivity index (χ0n) is 12.0. The molecule has 0 aromatic carbocycles. The van der Waals surface area contributed by atoms with Crippen molar-refractivity contribution in [3.63, 3.8) is 0 Å². The van der Waals surface area contributed by atoms with E-state index in [-0.39, 0.29) is 0 Å². The largest absolute Gasteiger partial charge is 0.317 e. The zero-order valence-corrected chi connectivity index (χ0v) is 12.8. The van der Waals surface area contributed by atoms with Gasteiger partial charge in [-0.05, 0) is 44.2 Å². The van der Waals surface area contributed by atoms with Gasteiger partial charge < -0.3 is 5.32 Å². The Labute approximate surface area is 113 Å². The maximum atomic E-state index is 11.5. The van der Waals surface area contributed by atoms with Crippen LogP contribution >= 0.6 is 0 Å². The van der Waals surface area contributed by atoms with E-state index in [1.165, 1.54) is 25.7 Å². The van der Waals surface area contributed by atoms with Crippen LogP contribution < -0.4 is 5.32 Å². The van der Waals surface area contributed by atoms with Crippen molar-refractivity contribution in [2.75, 3.05) is 24.6 Å². The smallest absolute Gasteiger partial charge is 0.150 e. The van der Waals surface area contributed by atoms with E-state index in [0.29, 0.717) is 11.5 Å². The highest BCUT2D eigenvalue weighted by atomic mass is 32.2. The Bertz CT molecular complexity index is 314. The molecular weight excluding hydrogens is 246 g/mol. The quantitative estimate of drug-likeness (QED) is 0.740. The minimum absolute atomic E-state index is 0.290. The molecule has 1 saturated carbocycles. The number of hydrogen-bond donors (Lipinski definition) is 1. The van der Waals surface area contributed by atoms with Crippen LogP contribution in [0.2, 0.25) is 0 Å². The number of nitrogens with one attached hydrogen (secondary N) is 1. The van der Waals surface area contributed by atoms with Gasteiger partial charge in [-0.15, -0.1) is 0 Å². The van der Waals surface area contributed by atoms with Gasteiger partial charge in [-0.1, -0.05) is 33.1 Å². The summed E-state index contributed by atoms with van der Waals surface area (Å²) in [5.41, 5.74) is 0. The molecule has 0 amide bonds. The summed E-state index contributed by atoms with van der Waals surface area (Å²) in [5, 5.41) is 3.45. The van der Waals surface area contributed by atoms with Crippen LogP contribution in [0.15, 0.2) is 0 Å². The second kappa shape index (κ2) is 8.16. The predicted octanol–water partition coefficient (Wildman–Crippen LogP) is 2.62. The average molecular weight is 275 g/mol. The van der Waals surface area contributed by atoms with E-state index in [0.717, 1.165) is 37.8 Å². The SMILES string of the molecule is CCNCC1CCCCC1CCCS(=O)(=O)CC. The summed E-state index contributed by atoms with van der Waals surface area (Å²) in [6.45, 7) is 6.03. The molecule has 0 radical (unpaired) electrons.